The van der Waals surface area contributed by atoms with E-state index >= 15 is 0 Å². The summed E-state index contributed by atoms with van der Waals surface area (Å²) in [6.07, 6.45) is 1.69. The van der Waals surface area contributed by atoms with E-state index in [1.54, 1.807) is 6.20 Å². The Balaban J connectivity index is 1.95. The molecule has 110 valence electrons. The molecular weight excluding hydrogens is 252 g/mol. The second kappa shape index (κ2) is 6.67. The van der Waals surface area contributed by atoms with E-state index in [0.29, 0.717) is 5.69 Å². The van der Waals surface area contributed by atoms with Crippen LogP contribution < -0.4 is 10.6 Å². The first kappa shape index (κ1) is 14.7. The highest BCUT2D eigenvalue weighted by molar-refractivity contribution is 5.98. The van der Waals surface area contributed by atoms with Gasteiger partial charge in [-0.15, -0.1) is 0 Å². The lowest BCUT2D eigenvalue weighted by atomic mass is 10.2. The third-order valence-electron chi connectivity index (χ3n) is 3.62. The number of nitrogens with two attached hydrogens (primary N) is 1. The van der Waals surface area contributed by atoms with Crippen LogP contribution in [-0.4, -0.2) is 74.0 Å². The Labute approximate surface area is 120 Å². The molecule has 0 bridgehead atoms. The topological polar surface area (TPSA) is 72.5 Å². The van der Waals surface area contributed by atoms with Gasteiger partial charge in [-0.2, -0.15) is 0 Å². The zero-order valence-corrected chi connectivity index (χ0v) is 12.3. The Kier molecular flexibility index (Phi) is 4.92. The van der Waals surface area contributed by atoms with Crippen molar-refractivity contribution in [3.05, 3.63) is 24.0 Å². The molecule has 1 aliphatic rings. The van der Waals surface area contributed by atoms with Crippen LogP contribution in [0.25, 0.3) is 0 Å². The van der Waals surface area contributed by atoms with Gasteiger partial charge < -0.3 is 15.5 Å². The second-order valence-corrected chi connectivity index (χ2v) is 5.42. The fourth-order valence-corrected chi connectivity index (χ4v) is 2.41. The predicted molar refractivity (Wildman–Crippen MR) is 82.5 cm³/mol. The average molecular weight is 276 g/mol. The van der Waals surface area contributed by atoms with E-state index in [-0.39, 0.29) is 5.84 Å². The maximum Gasteiger partial charge on any atom is 0.143 e. The number of hydrogen-bond donors (Lipinski definition) is 2. The van der Waals surface area contributed by atoms with E-state index in [9.17, 15) is 0 Å². The summed E-state index contributed by atoms with van der Waals surface area (Å²) in [5, 5.41) is 7.62. The van der Waals surface area contributed by atoms with E-state index in [2.05, 4.69) is 33.8 Å². The number of likely N-dealkylation sites (N-methyl/N-ethyl adjacent to an activating group) is 1. The number of rotatable bonds is 5. The Bertz CT molecular complexity index is 451. The first-order valence-corrected chi connectivity index (χ1v) is 6.99. The Morgan fingerprint density at radius 3 is 2.65 bits per heavy atom. The largest absolute Gasteiger partial charge is 0.382 e. The summed E-state index contributed by atoms with van der Waals surface area (Å²) in [5.74, 6) is 0.0376. The molecule has 1 aromatic heterocycles. The molecule has 3 N–H and O–H groups in total. The van der Waals surface area contributed by atoms with Gasteiger partial charge in [-0.3, -0.25) is 15.3 Å². The van der Waals surface area contributed by atoms with Gasteiger partial charge in [0.15, 0.2) is 0 Å². The number of amidine groups is 1. The third kappa shape index (κ3) is 3.68. The maximum atomic E-state index is 7.62. The Hall–Kier alpha value is -1.66. The molecule has 0 unspecified atom stereocenters. The number of pyridine rings is 1. The van der Waals surface area contributed by atoms with Gasteiger partial charge in [-0.25, -0.2) is 0 Å². The van der Waals surface area contributed by atoms with Gasteiger partial charge in [-0.1, -0.05) is 0 Å². The Morgan fingerprint density at radius 2 is 2.05 bits per heavy atom. The van der Waals surface area contributed by atoms with Gasteiger partial charge in [0.1, 0.15) is 11.5 Å². The number of nitrogen functional groups attached to an aromatic ring is 1. The number of piperazine rings is 1. The molecule has 0 spiro atoms. The maximum absolute atomic E-state index is 7.62. The standard InChI is InChI=1S/C14H24N6/c1-18(2)6-7-19-8-10-20(11-9-19)12-4-3-5-17-13(12)14(15)16/h3-5H,6-11H2,1-2H3,(H3,15,16). The second-order valence-electron chi connectivity index (χ2n) is 5.42. The van der Waals surface area contributed by atoms with Crippen molar-refractivity contribution in [3.8, 4) is 0 Å². The predicted octanol–water partition coefficient (Wildman–Crippen LogP) is 0.0493. The minimum Gasteiger partial charge on any atom is -0.382 e. The molecule has 0 radical (unpaired) electrons. The lowest BCUT2D eigenvalue weighted by molar-refractivity contribution is 0.229. The zero-order valence-electron chi connectivity index (χ0n) is 12.3. The van der Waals surface area contributed by atoms with Crippen molar-refractivity contribution in [2.75, 3.05) is 58.3 Å². The van der Waals surface area contributed by atoms with Gasteiger partial charge in [-0.05, 0) is 26.2 Å². The minimum absolute atomic E-state index is 0.0376. The first-order chi connectivity index (χ1) is 9.58. The van der Waals surface area contributed by atoms with Crippen molar-refractivity contribution < 1.29 is 0 Å². The molecule has 0 saturated carbocycles. The van der Waals surface area contributed by atoms with Gasteiger partial charge in [0, 0.05) is 45.5 Å². The van der Waals surface area contributed by atoms with Crippen molar-refractivity contribution >= 4 is 11.5 Å². The fourth-order valence-electron chi connectivity index (χ4n) is 2.41. The van der Waals surface area contributed by atoms with Gasteiger partial charge in [0.05, 0.1) is 5.69 Å². The van der Waals surface area contributed by atoms with Gasteiger partial charge in [0.25, 0.3) is 0 Å². The fraction of sp³-hybridized carbons (Fsp3) is 0.571. The molecule has 6 heteroatoms. The lowest BCUT2D eigenvalue weighted by Crippen LogP contribution is -2.48. The average Bonchev–Trinajstić information content (AvgIpc) is 2.45. The molecule has 2 rings (SSSR count). The van der Waals surface area contributed by atoms with Crippen molar-refractivity contribution in [1.82, 2.24) is 14.8 Å². The van der Waals surface area contributed by atoms with Crippen LogP contribution in [0.4, 0.5) is 5.69 Å². The molecule has 0 atom stereocenters. The highest BCUT2D eigenvalue weighted by atomic mass is 15.3. The summed E-state index contributed by atoms with van der Waals surface area (Å²) in [6.45, 7) is 6.19. The number of nitrogens with zero attached hydrogens (tertiary/aromatic N) is 4. The van der Waals surface area contributed by atoms with E-state index in [1.807, 2.05) is 12.1 Å². The normalized spacial score (nSPS) is 16.6. The van der Waals surface area contributed by atoms with Crippen molar-refractivity contribution in [3.63, 3.8) is 0 Å². The summed E-state index contributed by atoms with van der Waals surface area (Å²) < 4.78 is 0. The van der Waals surface area contributed by atoms with Gasteiger partial charge >= 0.3 is 0 Å². The molecular formula is C14H24N6. The minimum atomic E-state index is 0.0376. The van der Waals surface area contributed by atoms with E-state index in [4.69, 9.17) is 11.1 Å². The van der Waals surface area contributed by atoms with Crippen LogP contribution in [0, 0.1) is 5.41 Å². The molecule has 1 aliphatic heterocycles. The zero-order chi connectivity index (χ0) is 14.5. The van der Waals surface area contributed by atoms with Crippen LogP contribution in [0.5, 0.6) is 0 Å². The van der Waals surface area contributed by atoms with Gasteiger partial charge in [0.2, 0.25) is 0 Å². The number of aromatic nitrogens is 1. The van der Waals surface area contributed by atoms with Crippen LogP contribution in [0.1, 0.15) is 5.69 Å². The van der Waals surface area contributed by atoms with Crippen LogP contribution >= 0.6 is 0 Å². The van der Waals surface area contributed by atoms with E-state index < -0.39 is 0 Å². The number of nitrogens with one attached hydrogen (secondary N) is 1. The van der Waals surface area contributed by atoms with Crippen molar-refractivity contribution in [2.24, 2.45) is 5.73 Å². The molecule has 0 aliphatic carbocycles. The Morgan fingerprint density at radius 1 is 1.35 bits per heavy atom. The highest BCUT2D eigenvalue weighted by Gasteiger charge is 2.20. The molecule has 1 aromatic rings. The van der Waals surface area contributed by atoms with Crippen LogP contribution in [0.3, 0.4) is 0 Å². The van der Waals surface area contributed by atoms with E-state index in [0.717, 1.165) is 45.0 Å². The van der Waals surface area contributed by atoms with Crippen LogP contribution in [0.2, 0.25) is 0 Å². The van der Waals surface area contributed by atoms with E-state index in [1.165, 1.54) is 0 Å². The summed E-state index contributed by atoms with van der Waals surface area (Å²) in [5.41, 5.74) is 7.18. The lowest BCUT2D eigenvalue weighted by Gasteiger charge is -2.37. The van der Waals surface area contributed by atoms with Crippen molar-refractivity contribution in [1.29, 1.82) is 5.41 Å². The molecule has 20 heavy (non-hydrogen) atoms. The van der Waals surface area contributed by atoms with Crippen LogP contribution in [-0.2, 0) is 0 Å². The number of hydrogen-bond acceptors (Lipinski definition) is 5. The monoisotopic (exact) mass is 276 g/mol. The molecule has 6 nitrogen and oxygen atoms in total. The molecule has 1 fully saturated rings. The number of anilines is 1. The summed E-state index contributed by atoms with van der Waals surface area (Å²) in [7, 11) is 4.20. The summed E-state index contributed by atoms with van der Waals surface area (Å²) in [4.78, 5) is 11.2. The SMILES string of the molecule is CN(C)CCN1CCN(c2cccnc2C(=N)N)CC1. The van der Waals surface area contributed by atoms with Crippen LogP contribution in [0.15, 0.2) is 18.3 Å². The summed E-state index contributed by atoms with van der Waals surface area (Å²) in [6, 6.07) is 3.90. The first-order valence-electron chi connectivity index (χ1n) is 6.99. The quantitative estimate of drug-likeness (QED) is 0.587. The molecule has 0 amide bonds. The molecule has 2 heterocycles. The third-order valence-corrected chi connectivity index (χ3v) is 3.62. The molecule has 0 aromatic carbocycles. The summed E-state index contributed by atoms with van der Waals surface area (Å²) >= 11 is 0. The smallest absolute Gasteiger partial charge is 0.143 e. The van der Waals surface area contributed by atoms with Crippen molar-refractivity contribution in [2.45, 2.75) is 0 Å². The molecule has 1 saturated heterocycles. The highest BCUT2D eigenvalue weighted by Crippen LogP contribution is 2.19.